The Hall–Kier alpha value is -0.820. The molecule has 1 aromatic carbocycles. The monoisotopic (exact) mass is 243 g/mol. The Bertz CT molecular complexity index is 399. The lowest BCUT2D eigenvalue weighted by molar-refractivity contribution is 0.170. The molecule has 0 aromatic heterocycles. The van der Waals surface area contributed by atoms with Crippen LogP contribution in [0.5, 0.6) is 0 Å². The second kappa shape index (κ2) is 5.05. The van der Waals surface area contributed by atoms with Gasteiger partial charge in [-0.15, -0.1) is 0 Å². The first-order valence-corrected chi connectivity index (χ1v) is 7.51. The summed E-state index contributed by atoms with van der Waals surface area (Å²) < 4.78 is 0. The standard InChI is InChI=1S/C17H25N/c1-12-7-13(2)9-14(8-12)10-15-3-4-16(15)11-18-17-5-6-17/h7-9,15-18H,3-6,10-11H2,1-2H3. The summed E-state index contributed by atoms with van der Waals surface area (Å²) in [5, 5.41) is 3.70. The maximum Gasteiger partial charge on any atom is 0.00683 e. The molecule has 18 heavy (non-hydrogen) atoms. The molecular weight excluding hydrogens is 218 g/mol. The molecule has 2 saturated carbocycles. The van der Waals surface area contributed by atoms with E-state index >= 15 is 0 Å². The predicted octanol–water partition coefficient (Wildman–Crippen LogP) is 3.62. The maximum absolute atomic E-state index is 3.70. The van der Waals surface area contributed by atoms with Gasteiger partial charge >= 0.3 is 0 Å². The van der Waals surface area contributed by atoms with Crippen LogP contribution in [-0.2, 0) is 6.42 Å². The van der Waals surface area contributed by atoms with Gasteiger partial charge in [0.25, 0.3) is 0 Å². The van der Waals surface area contributed by atoms with E-state index in [1.165, 1.54) is 49.8 Å². The lowest BCUT2D eigenvalue weighted by Crippen LogP contribution is -2.37. The molecule has 1 N–H and O–H groups in total. The molecular formula is C17H25N. The van der Waals surface area contributed by atoms with Crippen molar-refractivity contribution < 1.29 is 0 Å². The third kappa shape index (κ3) is 2.95. The zero-order valence-corrected chi connectivity index (χ0v) is 11.7. The molecule has 0 radical (unpaired) electrons. The predicted molar refractivity (Wildman–Crippen MR) is 76.9 cm³/mol. The highest BCUT2D eigenvalue weighted by atomic mass is 14.9. The Morgan fingerprint density at radius 2 is 1.61 bits per heavy atom. The summed E-state index contributed by atoms with van der Waals surface area (Å²) in [5.41, 5.74) is 4.38. The second-order valence-electron chi connectivity index (χ2n) is 6.48. The summed E-state index contributed by atoms with van der Waals surface area (Å²) in [6, 6.07) is 7.89. The van der Waals surface area contributed by atoms with Gasteiger partial charge in [0.1, 0.15) is 0 Å². The van der Waals surface area contributed by atoms with Crippen LogP contribution in [0.4, 0.5) is 0 Å². The van der Waals surface area contributed by atoms with Crippen molar-refractivity contribution in [1.82, 2.24) is 5.32 Å². The van der Waals surface area contributed by atoms with Gasteiger partial charge in [-0.2, -0.15) is 0 Å². The lowest BCUT2D eigenvalue weighted by atomic mass is 9.70. The quantitative estimate of drug-likeness (QED) is 0.833. The molecule has 0 heterocycles. The van der Waals surface area contributed by atoms with Crippen LogP contribution < -0.4 is 5.32 Å². The molecule has 0 bridgehead atoms. The van der Waals surface area contributed by atoms with Crippen LogP contribution in [0.1, 0.15) is 42.4 Å². The van der Waals surface area contributed by atoms with Crippen molar-refractivity contribution in [3.63, 3.8) is 0 Å². The Kier molecular flexibility index (Phi) is 3.43. The van der Waals surface area contributed by atoms with Gasteiger partial charge in [-0.05, 0) is 69.9 Å². The van der Waals surface area contributed by atoms with Crippen LogP contribution in [0, 0.1) is 25.7 Å². The highest BCUT2D eigenvalue weighted by Gasteiger charge is 2.32. The first-order valence-electron chi connectivity index (χ1n) is 7.51. The zero-order chi connectivity index (χ0) is 12.5. The topological polar surface area (TPSA) is 12.0 Å². The molecule has 3 rings (SSSR count). The van der Waals surface area contributed by atoms with Crippen LogP contribution in [-0.4, -0.2) is 12.6 Å². The van der Waals surface area contributed by atoms with Crippen molar-refractivity contribution in [1.29, 1.82) is 0 Å². The van der Waals surface area contributed by atoms with Crippen molar-refractivity contribution in [2.24, 2.45) is 11.8 Å². The fourth-order valence-corrected chi connectivity index (χ4v) is 3.27. The minimum atomic E-state index is 0.868. The van der Waals surface area contributed by atoms with Gasteiger partial charge in [-0.3, -0.25) is 0 Å². The van der Waals surface area contributed by atoms with Gasteiger partial charge in [-0.1, -0.05) is 29.3 Å². The smallest absolute Gasteiger partial charge is 0.00683 e. The van der Waals surface area contributed by atoms with E-state index < -0.39 is 0 Å². The number of rotatable bonds is 5. The summed E-state index contributed by atoms with van der Waals surface area (Å²) in [7, 11) is 0. The Balaban J connectivity index is 1.54. The van der Waals surface area contributed by atoms with E-state index in [0.717, 1.165) is 17.9 Å². The van der Waals surface area contributed by atoms with Crippen molar-refractivity contribution in [3.05, 3.63) is 34.9 Å². The maximum atomic E-state index is 3.70. The molecule has 0 saturated heterocycles. The molecule has 2 aliphatic rings. The average molecular weight is 243 g/mol. The van der Waals surface area contributed by atoms with Crippen molar-refractivity contribution >= 4 is 0 Å². The van der Waals surface area contributed by atoms with E-state index in [0.29, 0.717) is 0 Å². The molecule has 2 fully saturated rings. The summed E-state index contributed by atoms with van der Waals surface area (Å²) in [6.07, 6.45) is 6.99. The molecule has 0 amide bonds. The van der Waals surface area contributed by atoms with E-state index in [-0.39, 0.29) is 0 Å². The Labute approximate surface area is 111 Å². The van der Waals surface area contributed by atoms with E-state index in [1.807, 2.05) is 0 Å². The fraction of sp³-hybridized carbons (Fsp3) is 0.647. The average Bonchev–Trinajstić information content (AvgIpc) is 3.07. The van der Waals surface area contributed by atoms with E-state index in [1.54, 1.807) is 5.56 Å². The minimum Gasteiger partial charge on any atom is -0.314 e. The van der Waals surface area contributed by atoms with Gasteiger partial charge in [0.05, 0.1) is 0 Å². The first-order chi connectivity index (χ1) is 8.70. The number of benzene rings is 1. The molecule has 0 aliphatic heterocycles. The second-order valence-corrected chi connectivity index (χ2v) is 6.48. The Morgan fingerprint density at radius 1 is 0.944 bits per heavy atom. The van der Waals surface area contributed by atoms with Crippen LogP contribution in [0.3, 0.4) is 0 Å². The number of hydrogen-bond acceptors (Lipinski definition) is 1. The van der Waals surface area contributed by atoms with E-state index in [9.17, 15) is 0 Å². The highest BCUT2D eigenvalue weighted by molar-refractivity contribution is 5.29. The van der Waals surface area contributed by atoms with Crippen LogP contribution >= 0.6 is 0 Å². The number of aryl methyl sites for hydroxylation is 2. The van der Waals surface area contributed by atoms with Gasteiger partial charge in [0.15, 0.2) is 0 Å². The van der Waals surface area contributed by atoms with Crippen molar-refractivity contribution in [2.45, 2.75) is 52.0 Å². The third-order valence-electron chi connectivity index (χ3n) is 4.60. The molecule has 2 atom stereocenters. The molecule has 98 valence electrons. The highest BCUT2D eigenvalue weighted by Crippen LogP contribution is 2.37. The van der Waals surface area contributed by atoms with E-state index in [4.69, 9.17) is 0 Å². The minimum absolute atomic E-state index is 0.868. The number of hydrogen-bond donors (Lipinski definition) is 1. The number of nitrogens with one attached hydrogen (secondary N) is 1. The molecule has 1 heteroatoms. The van der Waals surface area contributed by atoms with Gasteiger partial charge in [0, 0.05) is 6.04 Å². The largest absolute Gasteiger partial charge is 0.314 e. The molecule has 0 spiro atoms. The molecule has 2 aliphatic carbocycles. The molecule has 1 nitrogen and oxygen atoms in total. The summed E-state index contributed by atoms with van der Waals surface area (Å²) in [5.74, 6) is 1.86. The normalized spacial score (nSPS) is 27.0. The fourth-order valence-electron chi connectivity index (χ4n) is 3.27. The molecule has 1 aromatic rings. The van der Waals surface area contributed by atoms with Crippen LogP contribution in [0.25, 0.3) is 0 Å². The summed E-state index contributed by atoms with van der Waals surface area (Å²) in [6.45, 7) is 5.69. The van der Waals surface area contributed by atoms with Crippen LogP contribution in [0.2, 0.25) is 0 Å². The SMILES string of the molecule is Cc1cc(C)cc(CC2CCC2CNC2CC2)c1. The van der Waals surface area contributed by atoms with Crippen molar-refractivity contribution in [3.8, 4) is 0 Å². The zero-order valence-electron chi connectivity index (χ0n) is 11.7. The summed E-state index contributed by atoms with van der Waals surface area (Å²) >= 11 is 0. The van der Waals surface area contributed by atoms with E-state index in [2.05, 4.69) is 37.4 Å². The first kappa shape index (κ1) is 12.2. The van der Waals surface area contributed by atoms with Gasteiger partial charge < -0.3 is 5.32 Å². The third-order valence-corrected chi connectivity index (χ3v) is 4.60. The Morgan fingerprint density at radius 3 is 2.17 bits per heavy atom. The van der Waals surface area contributed by atoms with Crippen molar-refractivity contribution in [2.75, 3.05) is 6.54 Å². The lowest BCUT2D eigenvalue weighted by Gasteiger charge is -2.37. The molecule has 2 unspecified atom stereocenters. The van der Waals surface area contributed by atoms with Gasteiger partial charge in [0.2, 0.25) is 0 Å². The van der Waals surface area contributed by atoms with Crippen LogP contribution in [0.15, 0.2) is 18.2 Å². The van der Waals surface area contributed by atoms with Gasteiger partial charge in [-0.25, -0.2) is 0 Å². The summed E-state index contributed by atoms with van der Waals surface area (Å²) in [4.78, 5) is 0.